The van der Waals surface area contributed by atoms with Gasteiger partial charge in [0, 0.05) is 17.6 Å². The summed E-state index contributed by atoms with van der Waals surface area (Å²) in [6.45, 7) is 8.78. The van der Waals surface area contributed by atoms with E-state index in [4.69, 9.17) is 11.6 Å². The molecule has 4 heteroatoms. The van der Waals surface area contributed by atoms with Crippen LogP contribution in [0.5, 0.6) is 0 Å². The molecule has 1 saturated heterocycles. The van der Waals surface area contributed by atoms with Crippen LogP contribution in [0.25, 0.3) is 0 Å². The van der Waals surface area contributed by atoms with Crippen LogP contribution in [0.15, 0.2) is 18.2 Å². The van der Waals surface area contributed by atoms with Gasteiger partial charge < -0.3 is 5.32 Å². The molecule has 0 aromatic heterocycles. The van der Waals surface area contributed by atoms with Gasteiger partial charge in [-0.25, -0.2) is 4.39 Å². The van der Waals surface area contributed by atoms with Gasteiger partial charge in [-0.1, -0.05) is 24.6 Å². The molecule has 2 nitrogen and oxygen atoms in total. The molecule has 1 aliphatic rings. The van der Waals surface area contributed by atoms with E-state index in [2.05, 4.69) is 24.1 Å². The van der Waals surface area contributed by atoms with Crippen molar-refractivity contribution in [2.45, 2.75) is 39.2 Å². The van der Waals surface area contributed by atoms with Gasteiger partial charge in [0.2, 0.25) is 0 Å². The average Bonchev–Trinajstić information content (AvgIpc) is 2.47. The minimum atomic E-state index is -0.267. The zero-order valence-corrected chi connectivity index (χ0v) is 13.8. The van der Waals surface area contributed by atoms with E-state index < -0.39 is 0 Å². The molecule has 0 radical (unpaired) electrons. The third-order valence-corrected chi connectivity index (χ3v) is 4.75. The van der Waals surface area contributed by atoms with Gasteiger partial charge in [0.05, 0.1) is 0 Å². The first-order valence-electron chi connectivity index (χ1n) is 8.01. The first kappa shape index (κ1) is 16.7. The topological polar surface area (TPSA) is 15.3 Å². The predicted molar refractivity (Wildman–Crippen MR) is 87.3 cm³/mol. The summed E-state index contributed by atoms with van der Waals surface area (Å²) in [5.74, 6) is 0.482. The summed E-state index contributed by atoms with van der Waals surface area (Å²) in [6, 6.07) is 4.98. The van der Waals surface area contributed by atoms with Gasteiger partial charge in [-0.15, -0.1) is 0 Å². The molecule has 21 heavy (non-hydrogen) atoms. The maximum atomic E-state index is 13.2. The van der Waals surface area contributed by atoms with Crippen LogP contribution in [0, 0.1) is 11.7 Å². The molecule has 1 atom stereocenters. The third-order valence-electron chi connectivity index (χ3n) is 4.42. The fourth-order valence-electron chi connectivity index (χ4n) is 3.16. The van der Waals surface area contributed by atoms with Crippen molar-refractivity contribution in [3.05, 3.63) is 34.6 Å². The number of hydrogen-bond donors (Lipinski definition) is 1. The Bertz CT molecular complexity index is 446. The van der Waals surface area contributed by atoms with Gasteiger partial charge in [-0.2, -0.15) is 0 Å². The van der Waals surface area contributed by atoms with E-state index in [1.54, 1.807) is 0 Å². The lowest BCUT2D eigenvalue weighted by atomic mass is 9.96. The molecule has 1 aliphatic heterocycles. The molecule has 118 valence electrons. The van der Waals surface area contributed by atoms with Gasteiger partial charge in [0.15, 0.2) is 0 Å². The highest BCUT2D eigenvalue weighted by Gasteiger charge is 2.22. The molecule has 0 saturated carbocycles. The summed E-state index contributed by atoms with van der Waals surface area (Å²) < 4.78 is 13.2. The zero-order valence-electron chi connectivity index (χ0n) is 13.0. The predicted octanol–water partition coefficient (Wildman–Crippen LogP) is 4.25. The highest BCUT2D eigenvalue weighted by Crippen LogP contribution is 2.29. The summed E-state index contributed by atoms with van der Waals surface area (Å²) in [6.07, 6.45) is 3.60. The molecular weight excluding hydrogens is 287 g/mol. The molecule has 1 fully saturated rings. The Morgan fingerprint density at radius 2 is 2.10 bits per heavy atom. The summed E-state index contributed by atoms with van der Waals surface area (Å²) >= 11 is 6.23. The van der Waals surface area contributed by atoms with Crippen molar-refractivity contribution >= 4 is 11.6 Å². The minimum Gasteiger partial charge on any atom is -0.317 e. The Kier molecular flexibility index (Phi) is 6.46. The van der Waals surface area contributed by atoms with E-state index in [0.29, 0.717) is 5.02 Å². The molecule has 0 amide bonds. The summed E-state index contributed by atoms with van der Waals surface area (Å²) in [5, 5.41) is 3.95. The molecule has 1 aromatic rings. The Balaban J connectivity index is 2.08. The SMILES string of the molecule is CCCN(CC1CCNCC1)C(C)c1ccc(F)cc1Cl. The standard InChI is InChI=1S/C17H26ClFN2/c1-3-10-21(12-14-6-8-20-9-7-14)13(2)16-5-4-15(19)11-17(16)18/h4-5,11,13-14,20H,3,6-10,12H2,1-2H3. The zero-order chi connectivity index (χ0) is 15.2. The van der Waals surface area contributed by atoms with Gasteiger partial charge in [-0.05, 0) is 69.4 Å². The number of nitrogens with zero attached hydrogens (tertiary/aromatic N) is 1. The van der Waals surface area contributed by atoms with E-state index >= 15 is 0 Å². The van der Waals surface area contributed by atoms with Crippen LogP contribution >= 0.6 is 11.6 Å². The van der Waals surface area contributed by atoms with Gasteiger partial charge >= 0.3 is 0 Å². The molecule has 1 aromatic carbocycles. The largest absolute Gasteiger partial charge is 0.317 e. The summed E-state index contributed by atoms with van der Waals surface area (Å²) in [5.41, 5.74) is 1.03. The van der Waals surface area contributed by atoms with Crippen molar-refractivity contribution in [3.63, 3.8) is 0 Å². The molecule has 0 spiro atoms. The van der Waals surface area contributed by atoms with Crippen LogP contribution in [0.4, 0.5) is 4.39 Å². The van der Waals surface area contributed by atoms with Gasteiger partial charge in [-0.3, -0.25) is 4.90 Å². The van der Waals surface area contributed by atoms with E-state index in [9.17, 15) is 4.39 Å². The lowest BCUT2D eigenvalue weighted by Gasteiger charge is -2.34. The fourth-order valence-corrected chi connectivity index (χ4v) is 3.49. The first-order valence-corrected chi connectivity index (χ1v) is 8.39. The highest BCUT2D eigenvalue weighted by molar-refractivity contribution is 6.31. The van der Waals surface area contributed by atoms with Crippen LogP contribution in [-0.4, -0.2) is 31.1 Å². The molecule has 1 unspecified atom stereocenters. The van der Waals surface area contributed by atoms with Crippen LogP contribution in [0.2, 0.25) is 5.02 Å². The quantitative estimate of drug-likeness (QED) is 0.844. The third kappa shape index (κ3) is 4.67. The normalized spacial score (nSPS) is 18.1. The maximum Gasteiger partial charge on any atom is 0.124 e. The Labute approximate surface area is 132 Å². The monoisotopic (exact) mass is 312 g/mol. The molecular formula is C17H26ClFN2. The number of nitrogens with one attached hydrogen (secondary N) is 1. The lowest BCUT2D eigenvalue weighted by molar-refractivity contribution is 0.161. The Morgan fingerprint density at radius 3 is 2.71 bits per heavy atom. The van der Waals surface area contributed by atoms with E-state index in [-0.39, 0.29) is 11.9 Å². The first-order chi connectivity index (χ1) is 10.1. The minimum absolute atomic E-state index is 0.230. The lowest BCUT2D eigenvalue weighted by Crippen LogP contribution is -2.37. The van der Waals surface area contributed by atoms with Crippen LogP contribution in [-0.2, 0) is 0 Å². The van der Waals surface area contributed by atoms with Crippen molar-refractivity contribution in [1.29, 1.82) is 0 Å². The Hall–Kier alpha value is -0.640. The second kappa shape index (κ2) is 8.11. The number of halogens is 2. The maximum absolute atomic E-state index is 13.2. The molecule has 2 rings (SSSR count). The second-order valence-corrected chi connectivity index (χ2v) is 6.44. The second-order valence-electron chi connectivity index (χ2n) is 6.03. The van der Waals surface area contributed by atoms with Crippen LogP contribution in [0.1, 0.15) is 44.7 Å². The van der Waals surface area contributed by atoms with Crippen molar-refractivity contribution < 1.29 is 4.39 Å². The number of hydrogen-bond acceptors (Lipinski definition) is 2. The van der Waals surface area contributed by atoms with Crippen LogP contribution < -0.4 is 5.32 Å². The average molecular weight is 313 g/mol. The van der Waals surface area contributed by atoms with Crippen molar-refractivity contribution in [3.8, 4) is 0 Å². The smallest absolute Gasteiger partial charge is 0.124 e. The summed E-state index contributed by atoms with van der Waals surface area (Å²) in [4.78, 5) is 2.50. The van der Waals surface area contributed by atoms with Crippen molar-refractivity contribution in [2.24, 2.45) is 5.92 Å². The van der Waals surface area contributed by atoms with Gasteiger partial charge in [0.1, 0.15) is 5.82 Å². The summed E-state index contributed by atoms with van der Waals surface area (Å²) in [7, 11) is 0. The molecule has 1 heterocycles. The van der Waals surface area contributed by atoms with Gasteiger partial charge in [0.25, 0.3) is 0 Å². The van der Waals surface area contributed by atoms with Crippen molar-refractivity contribution in [1.82, 2.24) is 10.2 Å². The number of piperidine rings is 1. The van der Waals surface area contributed by atoms with Crippen molar-refractivity contribution in [2.75, 3.05) is 26.2 Å². The highest BCUT2D eigenvalue weighted by atomic mass is 35.5. The molecule has 1 N–H and O–H groups in total. The number of rotatable bonds is 6. The molecule has 0 aliphatic carbocycles. The van der Waals surface area contributed by atoms with E-state index in [0.717, 1.165) is 44.1 Å². The van der Waals surface area contributed by atoms with E-state index in [1.807, 2.05) is 6.07 Å². The van der Waals surface area contributed by atoms with Crippen LogP contribution in [0.3, 0.4) is 0 Å². The molecule has 0 bridgehead atoms. The van der Waals surface area contributed by atoms with E-state index in [1.165, 1.54) is 25.0 Å². The number of benzene rings is 1. The fraction of sp³-hybridized carbons (Fsp3) is 0.647. The Morgan fingerprint density at radius 1 is 1.38 bits per heavy atom.